The Morgan fingerprint density at radius 1 is 1.19 bits per heavy atom. The summed E-state index contributed by atoms with van der Waals surface area (Å²) in [6, 6.07) is 12.7. The second-order valence-electron chi connectivity index (χ2n) is 8.25. The van der Waals surface area contributed by atoms with E-state index in [1.54, 1.807) is 29.2 Å². The van der Waals surface area contributed by atoms with Crippen molar-refractivity contribution in [3.8, 4) is 5.75 Å². The first-order valence-electron chi connectivity index (χ1n) is 10.6. The van der Waals surface area contributed by atoms with Crippen LogP contribution in [0.2, 0.25) is 0 Å². The molecular formula is C24H27N3O4. The van der Waals surface area contributed by atoms with Gasteiger partial charge in [0, 0.05) is 6.42 Å². The van der Waals surface area contributed by atoms with E-state index in [0.29, 0.717) is 42.1 Å². The van der Waals surface area contributed by atoms with E-state index < -0.39 is 5.66 Å². The number of aryl methyl sites for hydroxylation is 1. The Hall–Kier alpha value is -3.35. The summed E-state index contributed by atoms with van der Waals surface area (Å²) in [5, 5.41) is 2.89. The fraction of sp³-hybridized carbons (Fsp3) is 0.375. The summed E-state index contributed by atoms with van der Waals surface area (Å²) in [7, 11) is 0. The molecule has 7 heteroatoms. The number of amides is 3. The van der Waals surface area contributed by atoms with Crippen molar-refractivity contribution in [2.24, 2.45) is 0 Å². The van der Waals surface area contributed by atoms with Crippen LogP contribution in [-0.4, -0.2) is 41.4 Å². The summed E-state index contributed by atoms with van der Waals surface area (Å²) in [5.41, 5.74) is 1.78. The predicted octanol–water partition coefficient (Wildman–Crippen LogP) is 3.72. The Bertz CT molecular complexity index is 1050. The van der Waals surface area contributed by atoms with Crippen molar-refractivity contribution < 1.29 is 19.1 Å². The highest BCUT2D eigenvalue weighted by atomic mass is 16.5. The number of hydrogen-bond donors (Lipinski definition) is 1. The van der Waals surface area contributed by atoms with Crippen LogP contribution < -0.4 is 15.0 Å². The van der Waals surface area contributed by atoms with E-state index in [2.05, 4.69) is 5.32 Å². The number of fused-ring (bicyclic) bond motifs is 3. The highest BCUT2D eigenvalue weighted by molar-refractivity contribution is 6.11. The largest absolute Gasteiger partial charge is 0.491 e. The molecule has 2 aromatic carbocycles. The van der Waals surface area contributed by atoms with Crippen molar-refractivity contribution in [3.05, 3.63) is 53.6 Å². The maximum atomic E-state index is 13.3. The zero-order chi connectivity index (χ0) is 22.2. The highest BCUT2D eigenvalue weighted by Crippen LogP contribution is 2.43. The van der Waals surface area contributed by atoms with Crippen molar-refractivity contribution in [3.63, 3.8) is 0 Å². The molecule has 0 radical (unpaired) electrons. The molecule has 0 spiro atoms. The Kier molecular flexibility index (Phi) is 5.43. The summed E-state index contributed by atoms with van der Waals surface area (Å²) in [4.78, 5) is 42.1. The van der Waals surface area contributed by atoms with E-state index in [-0.39, 0.29) is 24.3 Å². The molecule has 4 rings (SSSR count). The van der Waals surface area contributed by atoms with Gasteiger partial charge in [0.1, 0.15) is 18.0 Å². The molecule has 2 heterocycles. The molecule has 0 aromatic heterocycles. The third-order valence-electron chi connectivity index (χ3n) is 5.92. The van der Waals surface area contributed by atoms with Gasteiger partial charge in [-0.05, 0) is 56.5 Å². The average Bonchev–Trinajstić information content (AvgIpc) is 3.06. The number of rotatable bonds is 6. The molecule has 2 aliphatic heterocycles. The van der Waals surface area contributed by atoms with Gasteiger partial charge in [0.15, 0.2) is 0 Å². The molecule has 3 amide bonds. The Morgan fingerprint density at radius 3 is 2.74 bits per heavy atom. The molecule has 1 N–H and O–H groups in total. The topological polar surface area (TPSA) is 79.0 Å². The number of hydrogen-bond acceptors (Lipinski definition) is 4. The number of ether oxygens (including phenoxy) is 1. The number of benzene rings is 2. The maximum absolute atomic E-state index is 13.3. The first kappa shape index (κ1) is 20.9. The standard InChI is InChI=1S/C24H27N3O4/c1-4-13-31-20-14-16(2)9-10-18(20)25-21(28)15-26-23(30)17-7-5-6-8-19(17)27-22(29)11-12-24(26,27)3/h5-10,14H,4,11-13,15H2,1-3H3,(H,25,28). The second kappa shape index (κ2) is 8.06. The van der Waals surface area contributed by atoms with Gasteiger partial charge in [-0.1, -0.05) is 25.1 Å². The Morgan fingerprint density at radius 2 is 1.97 bits per heavy atom. The maximum Gasteiger partial charge on any atom is 0.258 e. The molecule has 1 atom stereocenters. The lowest BCUT2D eigenvalue weighted by atomic mass is 9.98. The van der Waals surface area contributed by atoms with E-state index in [1.807, 2.05) is 39.0 Å². The summed E-state index contributed by atoms with van der Waals surface area (Å²) in [6.07, 6.45) is 1.67. The summed E-state index contributed by atoms with van der Waals surface area (Å²) in [5.74, 6) is -0.0138. The van der Waals surface area contributed by atoms with Gasteiger partial charge < -0.3 is 15.0 Å². The van der Waals surface area contributed by atoms with Gasteiger partial charge in [-0.25, -0.2) is 0 Å². The van der Waals surface area contributed by atoms with Crippen molar-refractivity contribution in [2.45, 2.75) is 45.7 Å². The predicted molar refractivity (Wildman–Crippen MR) is 118 cm³/mol. The molecule has 1 fully saturated rings. The third kappa shape index (κ3) is 3.65. The number of para-hydroxylation sites is 1. The SMILES string of the molecule is CCCOc1cc(C)ccc1NC(=O)CN1C(=O)c2ccccc2N2C(=O)CCC12C. The number of nitrogens with one attached hydrogen (secondary N) is 1. The van der Waals surface area contributed by atoms with Gasteiger partial charge in [0.25, 0.3) is 5.91 Å². The van der Waals surface area contributed by atoms with Gasteiger partial charge in [0.05, 0.1) is 23.5 Å². The fourth-order valence-corrected chi connectivity index (χ4v) is 4.34. The number of anilines is 2. The van der Waals surface area contributed by atoms with E-state index in [4.69, 9.17) is 4.74 Å². The van der Waals surface area contributed by atoms with E-state index >= 15 is 0 Å². The molecule has 2 aliphatic rings. The van der Waals surface area contributed by atoms with Crippen LogP contribution in [0.25, 0.3) is 0 Å². The zero-order valence-corrected chi connectivity index (χ0v) is 18.1. The zero-order valence-electron chi connectivity index (χ0n) is 18.1. The molecule has 31 heavy (non-hydrogen) atoms. The third-order valence-corrected chi connectivity index (χ3v) is 5.92. The van der Waals surface area contributed by atoms with Gasteiger partial charge in [-0.3, -0.25) is 19.3 Å². The summed E-state index contributed by atoms with van der Waals surface area (Å²) >= 11 is 0. The molecular weight excluding hydrogens is 394 g/mol. The summed E-state index contributed by atoms with van der Waals surface area (Å²) < 4.78 is 5.78. The smallest absolute Gasteiger partial charge is 0.258 e. The quantitative estimate of drug-likeness (QED) is 0.771. The monoisotopic (exact) mass is 421 g/mol. The van der Waals surface area contributed by atoms with Crippen LogP contribution >= 0.6 is 0 Å². The Balaban J connectivity index is 1.60. The average molecular weight is 421 g/mol. The lowest BCUT2D eigenvalue weighted by molar-refractivity contribution is -0.120. The number of carbonyl (C=O) groups is 3. The minimum absolute atomic E-state index is 0.0401. The van der Waals surface area contributed by atoms with Crippen LogP contribution in [0.5, 0.6) is 5.75 Å². The lowest BCUT2D eigenvalue weighted by Crippen LogP contribution is -2.63. The van der Waals surface area contributed by atoms with E-state index in [0.717, 1.165) is 12.0 Å². The molecule has 162 valence electrons. The summed E-state index contributed by atoms with van der Waals surface area (Å²) in [6.45, 7) is 6.21. The molecule has 0 saturated carbocycles. The molecule has 1 saturated heterocycles. The minimum atomic E-state index is -0.866. The first-order chi connectivity index (χ1) is 14.8. The lowest BCUT2D eigenvalue weighted by Gasteiger charge is -2.48. The number of nitrogens with zero attached hydrogens (tertiary/aromatic N) is 2. The van der Waals surface area contributed by atoms with E-state index in [9.17, 15) is 14.4 Å². The molecule has 0 bridgehead atoms. The van der Waals surface area contributed by atoms with Crippen LogP contribution in [0, 0.1) is 6.92 Å². The van der Waals surface area contributed by atoms with Crippen molar-refractivity contribution >= 4 is 29.1 Å². The van der Waals surface area contributed by atoms with Crippen LogP contribution in [0.4, 0.5) is 11.4 Å². The van der Waals surface area contributed by atoms with Crippen molar-refractivity contribution in [1.82, 2.24) is 4.90 Å². The highest BCUT2D eigenvalue weighted by Gasteiger charge is 2.53. The second-order valence-corrected chi connectivity index (χ2v) is 8.25. The molecule has 7 nitrogen and oxygen atoms in total. The van der Waals surface area contributed by atoms with Crippen LogP contribution in [0.15, 0.2) is 42.5 Å². The first-order valence-corrected chi connectivity index (χ1v) is 10.6. The van der Waals surface area contributed by atoms with Gasteiger partial charge in [0.2, 0.25) is 11.8 Å². The van der Waals surface area contributed by atoms with Gasteiger partial charge in [-0.2, -0.15) is 0 Å². The molecule has 1 unspecified atom stereocenters. The van der Waals surface area contributed by atoms with Gasteiger partial charge >= 0.3 is 0 Å². The fourth-order valence-electron chi connectivity index (χ4n) is 4.34. The van der Waals surface area contributed by atoms with Gasteiger partial charge in [-0.15, -0.1) is 0 Å². The molecule has 2 aromatic rings. The van der Waals surface area contributed by atoms with Crippen molar-refractivity contribution in [1.29, 1.82) is 0 Å². The molecule has 0 aliphatic carbocycles. The van der Waals surface area contributed by atoms with E-state index in [1.165, 1.54) is 4.90 Å². The Labute approximate surface area is 182 Å². The number of carbonyl (C=O) groups excluding carboxylic acids is 3. The van der Waals surface area contributed by atoms with Crippen LogP contribution in [0.1, 0.15) is 49.0 Å². The van der Waals surface area contributed by atoms with Crippen LogP contribution in [0.3, 0.4) is 0 Å². The normalized spacial score (nSPS) is 19.8. The minimum Gasteiger partial charge on any atom is -0.491 e. The van der Waals surface area contributed by atoms with Crippen LogP contribution in [-0.2, 0) is 9.59 Å². The van der Waals surface area contributed by atoms with Crippen molar-refractivity contribution in [2.75, 3.05) is 23.4 Å².